The summed E-state index contributed by atoms with van der Waals surface area (Å²) >= 11 is 0. The zero-order chi connectivity index (χ0) is 18.7. The number of carbonyl (C=O) groups is 1. The van der Waals surface area contributed by atoms with Crippen LogP contribution in [0.15, 0.2) is 24.3 Å². The largest absolute Gasteiger partial charge is 0.546 e. The number of carboxylic acid groups (broad SMARTS) is 1. The molecule has 0 saturated carbocycles. The fraction of sp³-hybridized carbons (Fsp3) is 0.682. The average molecular weight is 348 g/mol. The van der Waals surface area contributed by atoms with Gasteiger partial charge in [-0.15, -0.1) is 0 Å². The minimum absolute atomic E-state index is 0.0728. The summed E-state index contributed by atoms with van der Waals surface area (Å²) in [4.78, 5) is 11.3. The third kappa shape index (κ3) is 8.94. The Morgan fingerprint density at radius 3 is 1.96 bits per heavy atom. The molecule has 3 heteroatoms. The van der Waals surface area contributed by atoms with Crippen LogP contribution < -0.4 is 9.84 Å². The van der Waals surface area contributed by atoms with Crippen molar-refractivity contribution >= 4 is 5.97 Å². The Kier molecular flexibility index (Phi) is 9.62. The van der Waals surface area contributed by atoms with Crippen LogP contribution in [0.25, 0.3) is 0 Å². The number of ether oxygens (including phenoxy) is 1. The van der Waals surface area contributed by atoms with Crippen LogP contribution in [0.5, 0.6) is 5.75 Å². The summed E-state index contributed by atoms with van der Waals surface area (Å²) in [6.07, 6.45) is 9.17. The molecule has 0 aromatic heterocycles. The van der Waals surface area contributed by atoms with E-state index in [-0.39, 0.29) is 5.41 Å². The molecular formula is C22H35O3-. The van der Waals surface area contributed by atoms with Gasteiger partial charge < -0.3 is 14.6 Å². The van der Waals surface area contributed by atoms with E-state index in [1.807, 2.05) is 24.3 Å². The van der Waals surface area contributed by atoms with Crippen LogP contribution >= 0.6 is 0 Å². The average Bonchev–Trinajstić information content (AvgIpc) is 2.55. The number of hydrogen-bond donors (Lipinski definition) is 0. The molecule has 25 heavy (non-hydrogen) atoms. The maximum absolute atomic E-state index is 11.3. The van der Waals surface area contributed by atoms with Gasteiger partial charge >= 0.3 is 0 Å². The Balaban J connectivity index is 2.36. The standard InChI is InChI=1S/C22H36O3/c1-5-6-7-8-9-10-11-12-13-20(21(23)24)25-19-16-14-18(15-17-19)22(2,3)4/h14-17,20H,5-13H2,1-4H3,(H,23,24)/p-1. The number of unbranched alkanes of at least 4 members (excludes halogenated alkanes) is 7. The number of carbonyl (C=O) groups excluding carboxylic acids is 1. The Bertz CT molecular complexity index is 485. The number of benzene rings is 1. The molecule has 1 unspecified atom stereocenters. The van der Waals surface area contributed by atoms with E-state index in [0.717, 1.165) is 12.8 Å². The first-order valence-electron chi connectivity index (χ1n) is 9.82. The maximum atomic E-state index is 11.3. The normalized spacial score (nSPS) is 12.8. The summed E-state index contributed by atoms with van der Waals surface area (Å²) in [6.45, 7) is 8.66. The molecule has 0 heterocycles. The molecule has 1 aromatic rings. The highest BCUT2D eigenvalue weighted by Crippen LogP contribution is 2.25. The summed E-state index contributed by atoms with van der Waals surface area (Å²) in [5.74, 6) is -0.524. The molecule has 0 saturated heterocycles. The third-order valence-corrected chi connectivity index (χ3v) is 4.58. The molecule has 0 fully saturated rings. The number of aliphatic carboxylic acids is 1. The van der Waals surface area contributed by atoms with E-state index in [0.29, 0.717) is 12.2 Å². The SMILES string of the molecule is CCCCCCCCCCC(Oc1ccc(C(C)(C)C)cc1)C(=O)[O-]. The van der Waals surface area contributed by atoms with Crippen molar-refractivity contribution in [2.45, 2.75) is 97.0 Å². The van der Waals surface area contributed by atoms with Gasteiger partial charge in [0.05, 0.1) is 5.97 Å². The van der Waals surface area contributed by atoms with Gasteiger partial charge in [0.1, 0.15) is 11.9 Å². The highest BCUT2D eigenvalue weighted by molar-refractivity contribution is 5.70. The molecule has 1 atom stereocenters. The monoisotopic (exact) mass is 347 g/mol. The van der Waals surface area contributed by atoms with Crippen LogP contribution in [0.2, 0.25) is 0 Å². The molecule has 3 nitrogen and oxygen atoms in total. The van der Waals surface area contributed by atoms with E-state index in [1.165, 1.54) is 44.1 Å². The summed E-state index contributed by atoms with van der Waals surface area (Å²) in [5.41, 5.74) is 1.27. The Hall–Kier alpha value is -1.51. The van der Waals surface area contributed by atoms with Crippen molar-refractivity contribution in [1.82, 2.24) is 0 Å². The minimum atomic E-state index is -1.12. The van der Waals surface area contributed by atoms with Crippen LogP contribution in [-0.4, -0.2) is 12.1 Å². The molecule has 0 aliphatic carbocycles. The van der Waals surface area contributed by atoms with E-state index < -0.39 is 12.1 Å². The van der Waals surface area contributed by atoms with Crippen molar-refractivity contribution < 1.29 is 14.6 Å². The van der Waals surface area contributed by atoms with Crippen molar-refractivity contribution in [2.75, 3.05) is 0 Å². The van der Waals surface area contributed by atoms with Crippen molar-refractivity contribution in [1.29, 1.82) is 0 Å². The van der Waals surface area contributed by atoms with Gasteiger partial charge in [0.25, 0.3) is 0 Å². The van der Waals surface area contributed by atoms with Gasteiger partial charge in [-0.2, -0.15) is 0 Å². The van der Waals surface area contributed by atoms with E-state index in [4.69, 9.17) is 4.74 Å². The van der Waals surface area contributed by atoms with Crippen molar-refractivity contribution in [2.24, 2.45) is 0 Å². The lowest BCUT2D eigenvalue weighted by Gasteiger charge is -2.22. The molecule has 0 aliphatic rings. The second-order valence-electron chi connectivity index (χ2n) is 7.96. The second kappa shape index (κ2) is 11.2. The first kappa shape index (κ1) is 21.5. The first-order chi connectivity index (χ1) is 11.8. The van der Waals surface area contributed by atoms with Crippen LogP contribution in [0.1, 0.15) is 91.0 Å². The topological polar surface area (TPSA) is 49.4 Å². The molecule has 1 aromatic carbocycles. The highest BCUT2D eigenvalue weighted by Gasteiger charge is 2.15. The molecule has 1 rings (SSSR count). The van der Waals surface area contributed by atoms with Gasteiger partial charge in [0.15, 0.2) is 0 Å². The molecule has 0 radical (unpaired) electrons. The zero-order valence-electron chi connectivity index (χ0n) is 16.5. The molecule has 0 spiro atoms. The molecule has 0 N–H and O–H groups in total. The lowest BCUT2D eigenvalue weighted by Crippen LogP contribution is -2.39. The smallest absolute Gasteiger partial charge is 0.138 e. The minimum Gasteiger partial charge on any atom is -0.546 e. The van der Waals surface area contributed by atoms with Gasteiger partial charge in [-0.3, -0.25) is 0 Å². The lowest BCUT2D eigenvalue weighted by molar-refractivity contribution is -0.313. The van der Waals surface area contributed by atoms with Crippen molar-refractivity contribution in [3.63, 3.8) is 0 Å². The maximum Gasteiger partial charge on any atom is 0.138 e. The summed E-state index contributed by atoms with van der Waals surface area (Å²) < 4.78 is 5.64. The molecule has 142 valence electrons. The summed E-state index contributed by atoms with van der Waals surface area (Å²) in [6, 6.07) is 7.70. The van der Waals surface area contributed by atoms with Gasteiger partial charge in [-0.05, 0) is 36.0 Å². The van der Waals surface area contributed by atoms with Crippen LogP contribution in [0, 0.1) is 0 Å². The lowest BCUT2D eigenvalue weighted by atomic mass is 9.87. The van der Waals surface area contributed by atoms with Gasteiger partial charge in [-0.25, -0.2) is 0 Å². The molecule has 0 amide bonds. The third-order valence-electron chi connectivity index (χ3n) is 4.58. The molecular weight excluding hydrogens is 312 g/mol. The van der Waals surface area contributed by atoms with E-state index in [2.05, 4.69) is 27.7 Å². The van der Waals surface area contributed by atoms with Gasteiger partial charge in [0.2, 0.25) is 0 Å². The molecule has 0 aliphatic heterocycles. The van der Waals surface area contributed by atoms with Crippen molar-refractivity contribution in [3.8, 4) is 5.75 Å². The van der Waals surface area contributed by atoms with E-state index in [1.54, 1.807) is 0 Å². The van der Waals surface area contributed by atoms with Gasteiger partial charge in [-0.1, -0.05) is 84.8 Å². The van der Waals surface area contributed by atoms with E-state index in [9.17, 15) is 9.90 Å². The number of carboxylic acids is 1. The zero-order valence-corrected chi connectivity index (χ0v) is 16.5. The van der Waals surface area contributed by atoms with Crippen LogP contribution in [-0.2, 0) is 10.2 Å². The number of rotatable bonds is 12. The molecule has 0 bridgehead atoms. The fourth-order valence-corrected chi connectivity index (χ4v) is 2.89. The highest BCUT2D eigenvalue weighted by atomic mass is 16.5. The Labute approximate surface area is 153 Å². The predicted molar refractivity (Wildman–Crippen MR) is 102 cm³/mol. The fourth-order valence-electron chi connectivity index (χ4n) is 2.89. The summed E-state index contributed by atoms with van der Waals surface area (Å²) in [5, 5.41) is 11.3. The summed E-state index contributed by atoms with van der Waals surface area (Å²) in [7, 11) is 0. The Morgan fingerprint density at radius 1 is 0.960 bits per heavy atom. The predicted octanol–water partition coefficient (Wildman–Crippen LogP) is 5.01. The number of hydrogen-bond acceptors (Lipinski definition) is 3. The van der Waals surface area contributed by atoms with E-state index >= 15 is 0 Å². The van der Waals surface area contributed by atoms with Crippen LogP contribution in [0.4, 0.5) is 0 Å². The van der Waals surface area contributed by atoms with Crippen LogP contribution in [0.3, 0.4) is 0 Å². The first-order valence-corrected chi connectivity index (χ1v) is 9.82. The quantitative estimate of drug-likeness (QED) is 0.499. The Morgan fingerprint density at radius 2 is 1.48 bits per heavy atom. The van der Waals surface area contributed by atoms with Crippen molar-refractivity contribution in [3.05, 3.63) is 29.8 Å². The van der Waals surface area contributed by atoms with Gasteiger partial charge in [0, 0.05) is 0 Å². The second-order valence-corrected chi connectivity index (χ2v) is 7.96.